The minimum Gasteiger partial charge on any atom is -0.383 e. The van der Waals surface area contributed by atoms with E-state index in [4.69, 9.17) is 21.1 Å². The molecular weight excluding hydrogens is 242 g/mol. The highest BCUT2D eigenvalue weighted by Crippen LogP contribution is 2.28. The number of aromatic nitrogens is 3. The van der Waals surface area contributed by atoms with E-state index >= 15 is 0 Å². The fourth-order valence-electron chi connectivity index (χ4n) is 2.17. The van der Waals surface area contributed by atoms with Gasteiger partial charge in [-0.1, -0.05) is 0 Å². The Kier molecular flexibility index (Phi) is 4.36. The lowest BCUT2D eigenvalue weighted by Gasteiger charge is -2.11. The van der Waals surface area contributed by atoms with Gasteiger partial charge in [-0.25, -0.2) is 0 Å². The largest absolute Gasteiger partial charge is 0.383 e. The molecule has 2 heterocycles. The van der Waals surface area contributed by atoms with E-state index in [0.717, 1.165) is 24.6 Å². The molecule has 1 aromatic rings. The Morgan fingerprint density at radius 2 is 2.35 bits per heavy atom. The summed E-state index contributed by atoms with van der Waals surface area (Å²) in [5.41, 5.74) is 0. The molecule has 0 N–H and O–H groups in total. The van der Waals surface area contributed by atoms with Gasteiger partial charge >= 0.3 is 0 Å². The van der Waals surface area contributed by atoms with Crippen molar-refractivity contribution in [3.8, 4) is 0 Å². The van der Waals surface area contributed by atoms with E-state index < -0.39 is 0 Å². The lowest BCUT2D eigenvalue weighted by molar-refractivity contribution is 0.123. The molecular formula is C11H18ClN3O2. The van der Waals surface area contributed by atoms with Crippen LogP contribution in [0.4, 0.5) is 0 Å². The molecule has 0 aliphatic carbocycles. The van der Waals surface area contributed by atoms with Crippen molar-refractivity contribution in [2.24, 2.45) is 0 Å². The zero-order chi connectivity index (χ0) is 12.3. The Morgan fingerprint density at radius 1 is 1.53 bits per heavy atom. The van der Waals surface area contributed by atoms with E-state index in [-0.39, 0.29) is 0 Å². The standard InChI is InChI=1S/C11H18ClN3O2/c1-8-5-9(7-17-8)11-14-13-10(6-12)15(11)3-4-16-2/h8-9H,3-7H2,1-2H3. The van der Waals surface area contributed by atoms with Gasteiger partial charge in [0.05, 0.1) is 25.2 Å². The molecule has 1 aromatic heterocycles. The molecule has 2 atom stereocenters. The monoisotopic (exact) mass is 259 g/mol. The predicted molar refractivity (Wildman–Crippen MR) is 64.2 cm³/mol. The highest BCUT2D eigenvalue weighted by Gasteiger charge is 2.28. The Bertz CT molecular complexity index is 370. The van der Waals surface area contributed by atoms with E-state index in [0.29, 0.717) is 31.1 Å². The molecule has 2 unspecified atom stereocenters. The summed E-state index contributed by atoms with van der Waals surface area (Å²) in [7, 11) is 1.69. The fraction of sp³-hybridized carbons (Fsp3) is 0.818. The van der Waals surface area contributed by atoms with Gasteiger partial charge in [-0.3, -0.25) is 0 Å². The maximum Gasteiger partial charge on any atom is 0.148 e. The minimum atomic E-state index is 0.298. The number of ether oxygens (including phenoxy) is 2. The summed E-state index contributed by atoms with van der Waals surface area (Å²) in [5, 5.41) is 8.38. The normalized spacial score (nSPS) is 24.4. The lowest BCUT2D eigenvalue weighted by atomic mass is 10.1. The van der Waals surface area contributed by atoms with E-state index in [1.165, 1.54) is 0 Å². The van der Waals surface area contributed by atoms with Crippen LogP contribution in [0, 0.1) is 0 Å². The molecule has 1 fully saturated rings. The molecule has 96 valence electrons. The van der Waals surface area contributed by atoms with Crippen LogP contribution in [0.1, 0.15) is 30.9 Å². The minimum absolute atomic E-state index is 0.298. The van der Waals surface area contributed by atoms with Crippen LogP contribution in [-0.2, 0) is 21.9 Å². The molecule has 2 rings (SSSR count). The number of hydrogen-bond donors (Lipinski definition) is 0. The second-order valence-electron chi connectivity index (χ2n) is 4.33. The van der Waals surface area contributed by atoms with Crippen molar-refractivity contribution in [3.63, 3.8) is 0 Å². The molecule has 0 radical (unpaired) electrons. The smallest absolute Gasteiger partial charge is 0.148 e. The molecule has 0 bridgehead atoms. The topological polar surface area (TPSA) is 49.2 Å². The van der Waals surface area contributed by atoms with Crippen LogP contribution in [-0.4, -0.2) is 41.2 Å². The summed E-state index contributed by atoms with van der Waals surface area (Å²) in [5.74, 6) is 2.48. The number of methoxy groups -OCH3 is 1. The van der Waals surface area contributed by atoms with Crippen LogP contribution < -0.4 is 0 Å². The quantitative estimate of drug-likeness (QED) is 0.753. The van der Waals surface area contributed by atoms with Gasteiger partial charge in [-0.05, 0) is 13.3 Å². The van der Waals surface area contributed by atoms with E-state index in [9.17, 15) is 0 Å². The average molecular weight is 260 g/mol. The second kappa shape index (κ2) is 5.80. The Morgan fingerprint density at radius 3 is 2.94 bits per heavy atom. The van der Waals surface area contributed by atoms with Crippen molar-refractivity contribution in [2.45, 2.75) is 37.8 Å². The summed E-state index contributed by atoms with van der Waals surface area (Å²) in [6, 6.07) is 0. The third kappa shape index (κ3) is 2.78. The van der Waals surface area contributed by atoms with Crippen LogP contribution in [0.2, 0.25) is 0 Å². The average Bonchev–Trinajstić information content (AvgIpc) is 2.91. The maximum absolute atomic E-state index is 5.86. The third-order valence-electron chi connectivity index (χ3n) is 3.06. The summed E-state index contributed by atoms with van der Waals surface area (Å²) in [6.07, 6.45) is 1.29. The van der Waals surface area contributed by atoms with Crippen LogP contribution in [0.25, 0.3) is 0 Å². The fourth-order valence-corrected chi connectivity index (χ4v) is 2.37. The SMILES string of the molecule is COCCn1c(CCl)nnc1C1COC(C)C1. The van der Waals surface area contributed by atoms with Crippen molar-refractivity contribution in [1.29, 1.82) is 0 Å². The van der Waals surface area contributed by atoms with Gasteiger partial charge in [0.2, 0.25) is 0 Å². The molecule has 0 aromatic carbocycles. The molecule has 1 saturated heterocycles. The zero-order valence-electron chi connectivity index (χ0n) is 10.2. The molecule has 0 amide bonds. The van der Waals surface area contributed by atoms with E-state index in [1.807, 2.05) is 0 Å². The lowest BCUT2D eigenvalue weighted by Crippen LogP contribution is -2.14. The van der Waals surface area contributed by atoms with Gasteiger partial charge in [-0.15, -0.1) is 21.8 Å². The third-order valence-corrected chi connectivity index (χ3v) is 3.30. The summed E-state index contributed by atoms with van der Waals surface area (Å²) >= 11 is 5.86. The number of nitrogens with zero attached hydrogens (tertiary/aromatic N) is 3. The van der Waals surface area contributed by atoms with Gasteiger partial charge in [-0.2, -0.15) is 0 Å². The van der Waals surface area contributed by atoms with Gasteiger partial charge in [0.15, 0.2) is 0 Å². The first-order valence-electron chi connectivity index (χ1n) is 5.84. The molecule has 5 nitrogen and oxygen atoms in total. The predicted octanol–water partition coefficient (Wildman–Crippen LogP) is 1.56. The Balaban J connectivity index is 2.17. The first-order valence-corrected chi connectivity index (χ1v) is 6.38. The second-order valence-corrected chi connectivity index (χ2v) is 4.60. The van der Waals surface area contributed by atoms with Crippen LogP contribution >= 0.6 is 11.6 Å². The van der Waals surface area contributed by atoms with Crippen molar-refractivity contribution >= 4 is 11.6 Å². The molecule has 1 aliphatic rings. The number of hydrogen-bond acceptors (Lipinski definition) is 4. The number of rotatable bonds is 5. The summed E-state index contributed by atoms with van der Waals surface area (Å²) in [6.45, 7) is 4.18. The van der Waals surface area contributed by atoms with Crippen molar-refractivity contribution in [3.05, 3.63) is 11.6 Å². The van der Waals surface area contributed by atoms with Crippen LogP contribution in [0.3, 0.4) is 0 Å². The van der Waals surface area contributed by atoms with Gasteiger partial charge < -0.3 is 14.0 Å². The molecule has 1 aliphatic heterocycles. The summed E-state index contributed by atoms with van der Waals surface area (Å²) in [4.78, 5) is 0. The van der Waals surface area contributed by atoms with Crippen LogP contribution in [0.5, 0.6) is 0 Å². The Hall–Kier alpha value is -0.650. The molecule has 6 heteroatoms. The van der Waals surface area contributed by atoms with E-state index in [2.05, 4.69) is 21.7 Å². The van der Waals surface area contributed by atoms with E-state index in [1.54, 1.807) is 7.11 Å². The Labute approximate surface area is 106 Å². The molecule has 17 heavy (non-hydrogen) atoms. The first kappa shape index (κ1) is 12.8. The maximum atomic E-state index is 5.86. The molecule has 0 spiro atoms. The first-order chi connectivity index (χ1) is 8.26. The van der Waals surface area contributed by atoms with Gasteiger partial charge in [0.25, 0.3) is 0 Å². The van der Waals surface area contributed by atoms with Crippen molar-refractivity contribution in [1.82, 2.24) is 14.8 Å². The van der Waals surface area contributed by atoms with Crippen molar-refractivity contribution < 1.29 is 9.47 Å². The highest BCUT2D eigenvalue weighted by molar-refractivity contribution is 6.16. The van der Waals surface area contributed by atoms with Gasteiger partial charge in [0, 0.05) is 19.6 Å². The van der Waals surface area contributed by atoms with Crippen LogP contribution in [0.15, 0.2) is 0 Å². The number of alkyl halides is 1. The number of halogens is 1. The zero-order valence-corrected chi connectivity index (χ0v) is 11.0. The van der Waals surface area contributed by atoms with Gasteiger partial charge in [0.1, 0.15) is 11.6 Å². The van der Waals surface area contributed by atoms with Crippen molar-refractivity contribution in [2.75, 3.05) is 20.3 Å². The summed E-state index contributed by atoms with van der Waals surface area (Å²) < 4.78 is 12.7. The highest BCUT2D eigenvalue weighted by atomic mass is 35.5. The molecule has 0 saturated carbocycles.